The highest BCUT2D eigenvalue weighted by Gasteiger charge is 2.36. The molecule has 1 heterocycles. The second-order valence-corrected chi connectivity index (χ2v) is 7.69. The molecule has 0 bridgehead atoms. The molecular formula is C15H20O5S. The number of carbonyl (C=O) groups excluding carboxylic acids is 1. The highest BCUT2D eigenvalue weighted by Crippen LogP contribution is 2.23. The first-order valence-electron chi connectivity index (χ1n) is 6.95. The fourth-order valence-electron chi connectivity index (χ4n) is 2.43. The Bertz CT molecular complexity index is 585. The fraction of sp³-hybridized carbons (Fsp3) is 0.533. The molecule has 0 spiro atoms. The van der Waals surface area contributed by atoms with Crippen LogP contribution < -0.4 is 4.74 Å². The van der Waals surface area contributed by atoms with Gasteiger partial charge in [-0.15, -0.1) is 0 Å². The summed E-state index contributed by atoms with van der Waals surface area (Å²) in [5.74, 6) is 0.260. The number of carbonyl (C=O) groups is 1. The molecule has 0 aliphatic carbocycles. The van der Waals surface area contributed by atoms with E-state index in [1.165, 1.54) is 14.0 Å². The molecule has 0 saturated carbocycles. The SMILES string of the molecule is COc1ccc(C(=O)C(C)S(=O)(=O)C2CCOCC2)cc1. The van der Waals surface area contributed by atoms with Gasteiger partial charge in [0.1, 0.15) is 11.0 Å². The van der Waals surface area contributed by atoms with E-state index in [1.54, 1.807) is 24.3 Å². The van der Waals surface area contributed by atoms with Gasteiger partial charge in [0, 0.05) is 18.8 Å². The topological polar surface area (TPSA) is 69.7 Å². The van der Waals surface area contributed by atoms with Crippen molar-refractivity contribution in [2.45, 2.75) is 30.3 Å². The highest BCUT2D eigenvalue weighted by atomic mass is 32.2. The first-order valence-corrected chi connectivity index (χ1v) is 8.56. The van der Waals surface area contributed by atoms with Gasteiger partial charge in [-0.2, -0.15) is 0 Å². The number of hydrogen-bond acceptors (Lipinski definition) is 5. The molecule has 1 aliphatic rings. The summed E-state index contributed by atoms with van der Waals surface area (Å²) in [6, 6.07) is 6.50. The first-order chi connectivity index (χ1) is 9.96. The van der Waals surface area contributed by atoms with Gasteiger partial charge in [0.15, 0.2) is 15.6 Å². The van der Waals surface area contributed by atoms with E-state index in [2.05, 4.69) is 0 Å². The Hall–Kier alpha value is -1.40. The number of methoxy groups -OCH3 is 1. The van der Waals surface area contributed by atoms with Crippen molar-refractivity contribution < 1.29 is 22.7 Å². The predicted molar refractivity (Wildman–Crippen MR) is 79.5 cm³/mol. The molecule has 0 N–H and O–H groups in total. The Labute approximate surface area is 125 Å². The molecule has 0 radical (unpaired) electrons. The van der Waals surface area contributed by atoms with Crippen LogP contribution in [0.5, 0.6) is 5.75 Å². The van der Waals surface area contributed by atoms with Crippen LogP contribution in [0.15, 0.2) is 24.3 Å². The Balaban J connectivity index is 2.16. The van der Waals surface area contributed by atoms with Gasteiger partial charge in [-0.3, -0.25) is 4.79 Å². The zero-order valence-corrected chi connectivity index (χ0v) is 13.1. The van der Waals surface area contributed by atoms with Gasteiger partial charge in [-0.25, -0.2) is 8.42 Å². The Morgan fingerprint density at radius 1 is 1.24 bits per heavy atom. The van der Waals surface area contributed by atoms with E-state index in [1.807, 2.05) is 0 Å². The van der Waals surface area contributed by atoms with Crippen molar-refractivity contribution in [1.82, 2.24) is 0 Å². The summed E-state index contributed by atoms with van der Waals surface area (Å²) in [4.78, 5) is 12.4. The summed E-state index contributed by atoms with van der Waals surface area (Å²) in [7, 11) is -1.95. The minimum atomic E-state index is -3.49. The van der Waals surface area contributed by atoms with Gasteiger partial charge >= 0.3 is 0 Å². The molecule has 1 aromatic carbocycles. The average Bonchev–Trinajstić information content (AvgIpc) is 2.54. The van der Waals surface area contributed by atoms with Crippen molar-refractivity contribution in [3.8, 4) is 5.75 Å². The number of sulfone groups is 1. The molecule has 2 rings (SSSR count). The van der Waals surface area contributed by atoms with Crippen LogP contribution in [-0.2, 0) is 14.6 Å². The summed E-state index contributed by atoms with van der Waals surface area (Å²) in [6.07, 6.45) is 0.922. The summed E-state index contributed by atoms with van der Waals surface area (Å²) >= 11 is 0. The molecule has 0 amide bonds. The van der Waals surface area contributed by atoms with Gasteiger partial charge in [0.25, 0.3) is 0 Å². The van der Waals surface area contributed by atoms with E-state index < -0.39 is 20.3 Å². The third-order valence-electron chi connectivity index (χ3n) is 3.87. The molecule has 1 saturated heterocycles. The van der Waals surface area contributed by atoms with E-state index >= 15 is 0 Å². The molecule has 1 atom stereocenters. The van der Waals surface area contributed by atoms with Crippen LogP contribution in [0.3, 0.4) is 0 Å². The third kappa shape index (κ3) is 3.44. The molecule has 5 nitrogen and oxygen atoms in total. The minimum Gasteiger partial charge on any atom is -0.497 e. The number of rotatable bonds is 5. The van der Waals surface area contributed by atoms with Crippen LogP contribution in [0.1, 0.15) is 30.1 Å². The average molecular weight is 312 g/mol. The zero-order valence-electron chi connectivity index (χ0n) is 12.2. The lowest BCUT2D eigenvalue weighted by Gasteiger charge is -2.24. The van der Waals surface area contributed by atoms with Crippen molar-refractivity contribution >= 4 is 15.6 Å². The monoisotopic (exact) mass is 312 g/mol. The van der Waals surface area contributed by atoms with Gasteiger partial charge in [0.2, 0.25) is 0 Å². The Morgan fingerprint density at radius 3 is 2.33 bits per heavy atom. The fourth-order valence-corrected chi connectivity index (χ4v) is 4.29. The Kier molecular flexibility index (Phi) is 5.00. The number of benzene rings is 1. The maximum absolute atomic E-state index is 12.5. The largest absolute Gasteiger partial charge is 0.497 e. The molecule has 1 unspecified atom stereocenters. The molecule has 0 aromatic heterocycles. The molecule has 1 aliphatic heterocycles. The first kappa shape index (κ1) is 16.0. The van der Waals surface area contributed by atoms with Crippen LogP contribution >= 0.6 is 0 Å². The third-order valence-corrected chi connectivity index (χ3v) is 6.47. The van der Waals surface area contributed by atoms with Crippen LogP contribution in [-0.4, -0.2) is 45.0 Å². The lowest BCUT2D eigenvalue weighted by Crippen LogP contribution is -2.38. The molecule has 116 valence electrons. The van der Waals surface area contributed by atoms with Gasteiger partial charge in [0.05, 0.1) is 12.4 Å². The predicted octanol–water partition coefficient (Wildman–Crippen LogP) is 1.86. The van der Waals surface area contributed by atoms with Crippen molar-refractivity contribution in [3.63, 3.8) is 0 Å². The van der Waals surface area contributed by atoms with Crippen LogP contribution in [0.2, 0.25) is 0 Å². The van der Waals surface area contributed by atoms with E-state index in [0.717, 1.165) is 0 Å². The van der Waals surface area contributed by atoms with E-state index in [-0.39, 0.29) is 5.78 Å². The number of ether oxygens (including phenoxy) is 2. The highest BCUT2D eigenvalue weighted by molar-refractivity contribution is 7.93. The maximum Gasteiger partial charge on any atom is 0.180 e. The van der Waals surface area contributed by atoms with Crippen molar-refractivity contribution in [2.75, 3.05) is 20.3 Å². The molecule has 1 aromatic rings. The zero-order chi connectivity index (χ0) is 15.5. The van der Waals surface area contributed by atoms with E-state index in [0.29, 0.717) is 37.4 Å². The van der Waals surface area contributed by atoms with E-state index in [4.69, 9.17) is 9.47 Å². The summed E-state index contributed by atoms with van der Waals surface area (Å²) in [5, 5.41) is -1.52. The van der Waals surface area contributed by atoms with Crippen LogP contribution in [0, 0.1) is 0 Å². The van der Waals surface area contributed by atoms with Gasteiger partial charge < -0.3 is 9.47 Å². The van der Waals surface area contributed by atoms with Crippen molar-refractivity contribution in [2.24, 2.45) is 0 Å². The number of Topliss-reactive ketones (excluding diaryl/α,β-unsaturated/α-hetero) is 1. The smallest absolute Gasteiger partial charge is 0.180 e. The summed E-state index contributed by atoms with van der Waals surface area (Å²) in [5.41, 5.74) is 0.388. The van der Waals surface area contributed by atoms with Gasteiger partial charge in [-0.1, -0.05) is 0 Å². The minimum absolute atomic E-state index is 0.371. The van der Waals surface area contributed by atoms with Gasteiger partial charge in [-0.05, 0) is 44.0 Å². The second kappa shape index (κ2) is 6.58. The molecule has 1 fully saturated rings. The summed E-state index contributed by atoms with van der Waals surface area (Å²) in [6.45, 7) is 2.35. The molecular weight excluding hydrogens is 292 g/mol. The second-order valence-electron chi connectivity index (χ2n) is 5.14. The quantitative estimate of drug-likeness (QED) is 0.776. The normalized spacial score (nSPS) is 18.2. The number of ketones is 1. The Morgan fingerprint density at radius 2 is 1.81 bits per heavy atom. The van der Waals surface area contributed by atoms with Crippen LogP contribution in [0.25, 0.3) is 0 Å². The number of hydrogen-bond donors (Lipinski definition) is 0. The van der Waals surface area contributed by atoms with Crippen LogP contribution in [0.4, 0.5) is 0 Å². The molecule has 21 heavy (non-hydrogen) atoms. The maximum atomic E-state index is 12.5. The standard InChI is InChI=1S/C15H20O5S/c1-11(21(17,18)14-7-9-20-10-8-14)15(16)12-3-5-13(19-2)6-4-12/h3-6,11,14H,7-10H2,1-2H3. The van der Waals surface area contributed by atoms with Crippen molar-refractivity contribution in [1.29, 1.82) is 0 Å². The van der Waals surface area contributed by atoms with E-state index in [9.17, 15) is 13.2 Å². The van der Waals surface area contributed by atoms with Crippen molar-refractivity contribution in [3.05, 3.63) is 29.8 Å². The lowest BCUT2D eigenvalue weighted by atomic mass is 10.1. The lowest BCUT2D eigenvalue weighted by molar-refractivity contribution is 0.0957. The molecule has 6 heteroatoms. The summed E-state index contributed by atoms with van der Waals surface area (Å²) < 4.78 is 35.3.